The van der Waals surface area contributed by atoms with Gasteiger partial charge in [-0.3, -0.25) is 4.79 Å². The number of cyclic esters (lactones) is 1. The van der Waals surface area contributed by atoms with E-state index in [0.29, 0.717) is 54.8 Å². The molecule has 1 aliphatic heterocycles. The van der Waals surface area contributed by atoms with Crippen molar-refractivity contribution < 1.29 is 28.5 Å². The second-order valence-corrected chi connectivity index (χ2v) is 12.9. The number of hydrogen-bond donors (Lipinski definition) is 0. The van der Waals surface area contributed by atoms with Gasteiger partial charge in [0.05, 0.1) is 27.9 Å². The van der Waals surface area contributed by atoms with E-state index in [1.165, 1.54) is 0 Å². The molecule has 212 valence electrons. The van der Waals surface area contributed by atoms with Gasteiger partial charge in [0.15, 0.2) is 11.5 Å². The molecule has 1 aromatic carbocycles. The summed E-state index contributed by atoms with van der Waals surface area (Å²) in [4.78, 5) is 27.2. The molecule has 0 aromatic heterocycles. The van der Waals surface area contributed by atoms with E-state index in [9.17, 15) is 9.59 Å². The first-order valence-corrected chi connectivity index (χ1v) is 14.5. The standard InChI is InChI=1S/C33H44O6/c1-31(2)14-9-15-32(3)27(12-11-21-13-17-39-30(21)35)33(29(34)20-28(31)32)16-8-7-10-23(33)22-18-25(37-5)26(38-6)19-24(22)36-4/h7,10-11,18-19,23,27-28H,8-9,12-17,20H2,1-6H3. The van der Waals surface area contributed by atoms with Gasteiger partial charge in [0, 0.05) is 41.4 Å². The molecule has 3 aliphatic carbocycles. The van der Waals surface area contributed by atoms with Crippen LogP contribution >= 0.6 is 0 Å². The monoisotopic (exact) mass is 536 g/mol. The van der Waals surface area contributed by atoms with Crippen molar-refractivity contribution in [2.75, 3.05) is 27.9 Å². The van der Waals surface area contributed by atoms with Crippen LogP contribution in [0.3, 0.4) is 0 Å². The van der Waals surface area contributed by atoms with Gasteiger partial charge in [-0.2, -0.15) is 0 Å². The van der Waals surface area contributed by atoms with Crippen molar-refractivity contribution in [2.45, 2.75) is 78.1 Å². The van der Waals surface area contributed by atoms with Crippen molar-refractivity contribution in [2.24, 2.45) is 28.1 Å². The third kappa shape index (κ3) is 4.38. The zero-order chi connectivity index (χ0) is 28.0. The minimum atomic E-state index is -0.611. The van der Waals surface area contributed by atoms with E-state index in [2.05, 4.69) is 39.0 Å². The van der Waals surface area contributed by atoms with Crippen LogP contribution in [-0.4, -0.2) is 39.7 Å². The first-order valence-electron chi connectivity index (χ1n) is 14.5. The molecule has 3 fully saturated rings. The van der Waals surface area contributed by atoms with E-state index in [-0.39, 0.29) is 28.6 Å². The summed E-state index contributed by atoms with van der Waals surface area (Å²) in [5.41, 5.74) is 1.14. The van der Waals surface area contributed by atoms with E-state index in [1.807, 2.05) is 12.1 Å². The molecule has 5 unspecified atom stereocenters. The maximum Gasteiger partial charge on any atom is 0.333 e. The van der Waals surface area contributed by atoms with Gasteiger partial charge < -0.3 is 18.9 Å². The molecule has 4 aliphatic rings. The molecule has 1 saturated heterocycles. The van der Waals surface area contributed by atoms with E-state index >= 15 is 0 Å². The Hall–Kier alpha value is -2.76. The number of Topliss-reactive ketones (excluding diaryl/α,β-unsaturated/α-hetero) is 1. The van der Waals surface area contributed by atoms with Gasteiger partial charge in [-0.25, -0.2) is 4.79 Å². The number of carbonyl (C=O) groups is 2. The Morgan fingerprint density at radius 2 is 1.69 bits per heavy atom. The normalized spacial score (nSPS) is 34.6. The molecular weight excluding hydrogens is 492 g/mol. The Balaban J connectivity index is 1.70. The van der Waals surface area contributed by atoms with Crippen LogP contribution in [0.5, 0.6) is 17.2 Å². The van der Waals surface area contributed by atoms with E-state index in [4.69, 9.17) is 18.9 Å². The second kappa shape index (κ2) is 10.3. The van der Waals surface area contributed by atoms with Crippen LogP contribution in [-0.2, 0) is 14.3 Å². The van der Waals surface area contributed by atoms with E-state index in [0.717, 1.165) is 43.2 Å². The predicted molar refractivity (Wildman–Crippen MR) is 150 cm³/mol. The fourth-order valence-electron chi connectivity index (χ4n) is 8.89. The van der Waals surface area contributed by atoms with Gasteiger partial charge in [-0.1, -0.05) is 45.4 Å². The van der Waals surface area contributed by atoms with Crippen LogP contribution < -0.4 is 14.2 Å². The molecule has 0 N–H and O–H groups in total. The molecule has 1 spiro atoms. The molecule has 1 aromatic rings. The summed E-state index contributed by atoms with van der Waals surface area (Å²) in [7, 11) is 4.92. The lowest BCUT2D eigenvalue weighted by molar-refractivity contribution is -0.169. The number of ether oxygens (including phenoxy) is 4. The first kappa shape index (κ1) is 27.8. The zero-order valence-corrected chi connectivity index (χ0v) is 24.4. The summed E-state index contributed by atoms with van der Waals surface area (Å²) >= 11 is 0. The van der Waals surface area contributed by atoms with Gasteiger partial charge in [0.2, 0.25) is 0 Å². The highest BCUT2D eigenvalue weighted by Crippen LogP contribution is 2.69. The molecular formula is C33H44O6. The van der Waals surface area contributed by atoms with Crippen LogP contribution in [0.15, 0.2) is 35.9 Å². The van der Waals surface area contributed by atoms with Crippen LogP contribution in [0.4, 0.5) is 0 Å². The Bertz CT molecular complexity index is 1190. The third-order valence-corrected chi connectivity index (χ3v) is 10.7. The SMILES string of the molecule is COc1cc(OC)c(C2C=CCCC23C(=O)CC2C(C)(C)CCCC2(C)C3CC=C2CCOC2=O)cc1OC. The van der Waals surface area contributed by atoms with Crippen molar-refractivity contribution >= 4 is 11.8 Å². The van der Waals surface area contributed by atoms with Crippen LogP contribution in [0.1, 0.15) is 83.6 Å². The number of allylic oxidation sites excluding steroid dienone is 3. The van der Waals surface area contributed by atoms with E-state index < -0.39 is 5.41 Å². The second-order valence-electron chi connectivity index (χ2n) is 12.9. The highest BCUT2D eigenvalue weighted by Gasteiger charge is 2.65. The molecule has 0 radical (unpaired) electrons. The van der Waals surface area contributed by atoms with Crippen molar-refractivity contribution in [3.05, 3.63) is 41.5 Å². The lowest BCUT2D eigenvalue weighted by Crippen LogP contribution is -2.61. The number of fused-ring (bicyclic) bond motifs is 1. The molecule has 5 atom stereocenters. The number of benzene rings is 1. The summed E-state index contributed by atoms with van der Waals surface area (Å²) in [6.45, 7) is 7.57. The molecule has 39 heavy (non-hydrogen) atoms. The zero-order valence-electron chi connectivity index (χ0n) is 24.4. The van der Waals surface area contributed by atoms with Crippen LogP contribution in [0, 0.1) is 28.1 Å². The maximum absolute atomic E-state index is 14.7. The fraction of sp³-hybridized carbons (Fsp3) is 0.636. The number of rotatable bonds is 6. The smallest absolute Gasteiger partial charge is 0.333 e. The maximum atomic E-state index is 14.7. The lowest BCUT2D eigenvalue weighted by atomic mass is 9.39. The summed E-state index contributed by atoms with van der Waals surface area (Å²) < 4.78 is 22.5. The van der Waals surface area contributed by atoms with Crippen molar-refractivity contribution in [3.8, 4) is 17.2 Å². The molecule has 1 heterocycles. The average Bonchev–Trinajstić information content (AvgIpc) is 3.33. The molecule has 6 nitrogen and oxygen atoms in total. The number of esters is 1. The largest absolute Gasteiger partial charge is 0.496 e. The van der Waals surface area contributed by atoms with Gasteiger partial charge in [-0.15, -0.1) is 0 Å². The van der Waals surface area contributed by atoms with Gasteiger partial charge >= 0.3 is 5.97 Å². The summed E-state index contributed by atoms with van der Waals surface area (Å²) in [6.07, 6.45) is 13.5. The molecule has 0 bridgehead atoms. The summed E-state index contributed by atoms with van der Waals surface area (Å²) in [5.74, 6) is 2.27. The number of methoxy groups -OCH3 is 3. The molecule has 2 saturated carbocycles. The van der Waals surface area contributed by atoms with Crippen LogP contribution in [0.25, 0.3) is 0 Å². The fourth-order valence-corrected chi connectivity index (χ4v) is 8.89. The molecule has 5 rings (SSSR count). The number of carbonyl (C=O) groups excluding carboxylic acids is 2. The highest BCUT2D eigenvalue weighted by atomic mass is 16.5. The predicted octanol–water partition coefficient (Wildman–Crippen LogP) is 6.82. The van der Waals surface area contributed by atoms with Crippen molar-refractivity contribution in [1.82, 2.24) is 0 Å². The Kier molecular flexibility index (Phi) is 7.36. The molecule has 6 heteroatoms. The number of ketones is 1. The lowest BCUT2D eigenvalue weighted by Gasteiger charge is -2.64. The Morgan fingerprint density at radius 3 is 2.36 bits per heavy atom. The minimum absolute atomic E-state index is 0.0392. The van der Waals surface area contributed by atoms with Crippen molar-refractivity contribution in [1.29, 1.82) is 0 Å². The van der Waals surface area contributed by atoms with E-state index in [1.54, 1.807) is 21.3 Å². The van der Waals surface area contributed by atoms with Gasteiger partial charge in [-0.05, 0) is 60.8 Å². The Labute approximate surface area is 233 Å². The minimum Gasteiger partial charge on any atom is -0.496 e. The van der Waals surface area contributed by atoms with Gasteiger partial charge in [0.25, 0.3) is 0 Å². The van der Waals surface area contributed by atoms with Crippen LogP contribution in [0.2, 0.25) is 0 Å². The Morgan fingerprint density at radius 1 is 0.974 bits per heavy atom. The third-order valence-electron chi connectivity index (χ3n) is 10.7. The quantitative estimate of drug-likeness (QED) is 0.226. The van der Waals surface area contributed by atoms with Crippen molar-refractivity contribution in [3.63, 3.8) is 0 Å². The topological polar surface area (TPSA) is 71.1 Å². The average molecular weight is 537 g/mol. The summed E-state index contributed by atoms with van der Waals surface area (Å²) in [5, 5.41) is 0. The number of hydrogen-bond acceptors (Lipinski definition) is 6. The molecule has 0 amide bonds. The van der Waals surface area contributed by atoms with Gasteiger partial charge in [0.1, 0.15) is 11.5 Å². The first-order chi connectivity index (χ1) is 18.6. The summed E-state index contributed by atoms with van der Waals surface area (Å²) in [6, 6.07) is 3.87. The highest BCUT2D eigenvalue weighted by molar-refractivity contribution is 5.91.